The van der Waals surface area contributed by atoms with Crippen LogP contribution in [0.5, 0.6) is 0 Å². The van der Waals surface area contributed by atoms with Crippen LogP contribution in [0.3, 0.4) is 0 Å². The van der Waals surface area contributed by atoms with Gasteiger partial charge in [0.15, 0.2) is 0 Å². The Hall–Kier alpha value is -1.78. The topological polar surface area (TPSA) is 126 Å². The number of hydrogen-bond donors (Lipinski definition) is 0. The summed E-state index contributed by atoms with van der Waals surface area (Å²) in [6, 6.07) is 0. The zero-order valence-corrected chi connectivity index (χ0v) is 32.7. The molecule has 47 heavy (non-hydrogen) atoms. The lowest BCUT2D eigenvalue weighted by molar-refractivity contribution is -0.332. The third-order valence-electron chi connectivity index (χ3n) is 8.10. The molecule has 0 aliphatic rings. The van der Waals surface area contributed by atoms with Crippen LogP contribution in [0.2, 0.25) is 0 Å². The Morgan fingerprint density at radius 1 is 0.404 bits per heavy atom. The van der Waals surface area contributed by atoms with Gasteiger partial charge < -0.3 is 28.7 Å². The predicted octanol–water partition coefficient (Wildman–Crippen LogP) is 9.80. The van der Waals surface area contributed by atoms with E-state index in [1.807, 2.05) is 26.0 Å². The lowest BCUT2D eigenvalue weighted by atomic mass is 10.0. The zero-order valence-electron chi connectivity index (χ0n) is 30.9. The smallest absolute Gasteiger partial charge is 0.0617 e. The minimum Gasteiger partial charge on any atom is -0.810 e. The first-order chi connectivity index (χ1) is 21.7. The first-order valence-electron chi connectivity index (χ1n) is 17.0. The minimum atomic E-state index is -5.91. The predicted molar refractivity (Wildman–Crippen MR) is 195 cm³/mol. The Labute approximate surface area is 287 Å². The van der Waals surface area contributed by atoms with Gasteiger partial charge in [-0.05, 0) is 161 Å². The van der Waals surface area contributed by atoms with E-state index in [-0.39, 0.29) is 0 Å². The maximum absolute atomic E-state index is 12.4. The molecule has 0 aromatic carbocycles. The van der Waals surface area contributed by atoms with Crippen LogP contribution in [-0.2, 0) is 9.13 Å². The average molecular weight is 689 g/mol. The fraction of sp³-hybridized carbons (Fsp3) is 0.590. The highest BCUT2D eigenvalue weighted by Crippen LogP contribution is 2.63. The van der Waals surface area contributed by atoms with Crippen molar-refractivity contribution in [2.75, 3.05) is 0 Å². The summed E-state index contributed by atoms with van der Waals surface area (Å²) in [6.07, 6.45) is 24.2. The molecule has 6 nitrogen and oxygen atoms in total. The van der Waals surface area contributed by atoms with E-state index < -0.39 is 20.1 Å². The van der Waals surface area contributed by atoms with E-state index in [0.29, 0.717) is 36.8 Å². The van der Waals surface area contributed by atoms with E-state index in [1.165, 1.54) is 33.4 Å². The zero-order chi connectivity index (χ0) is 36.3. The van der Waals surface area contributed by atoms with Crippen molar-refractivity contribution in [1.29, 1.82) is 0 Å². The molecule has 0 aromatic rings. The molecule has 0 N–H and O–H groups in total. The Bertz CT molecular complexity index is 1210. The van der Waals surface area contributed by atoms with Gasteiger partial charge in [-0.15, -0.1) is 0 Å². The van der Waals surface area contributed by atoms with E-state index in [9.17, 15) is 28.7 Å². The van der Waals surface area contributed by atoms with Crippen LogP contribution >= 0.6 is 15.2 Å². The Morgan fingerprint density at radius 3 is 0.830 bits per heavy atom. The summed E-state index contributed by atoms with van der Waals surface area (Å²) >= 11 is 0. The molecule has 0 radical (unpaired) electrons. The molecule has 0 bridgehead atoms. The van der Waals surface area contributed by atoms with Crippen LogP contribution in [0.4, 0.5) is 0 Å². The average Bonchev–Trinajstić information content (AvgIpc) is 2.91. The molecular weight excluding hydrogens is 626 g/mol. The van der Waals surface area contributed by atoms with E-state index in [2.05, 4.69) is 65.8 Å². The molecule has 8 heteroatoms. The quantitative estimate of drug-likeness (QED) is 0.0823. The molecule has 0 unspecified atom stereocenters. The Kier molecular flexibility index (Phi) is 21.9. The third-order valence-corrected chi connectivity index (χ3v) is 11.8. The molecule has 0 fully saturated rings. The van der Waals surface area contributed by atoms with E-state index in [4.69, 9.17) is 0 Å². The van der Waals surface area contributed by atoms with Gasteiger partial charge in [-0.3, -0.25) is 0 Å². The van der Waals surface area contributed by atoms with Crippen molar-refractivity contribution in [3.63, 3.8) is 0 Å². The maximum atomic E-state index is 12.4. The molecule has 0 amide bonds. The van der Waals surface area contributed by atoms with Crippen LogP contribution in [0, 0.1) is 0 Å². The lowest BCUT2D eigenvalue weighted by Crippen LogP contribution is -2.43. The van der Waals surface area contributed by atoms with E-state index >= 15 is 0 Å². The molecule has 0 rings (SSSR count). The lowest BCUT2D eigenvalue weighted by Gasteiger charge is -2.57. The monoisotopic (exact) mass is 688 g/mol. The fourth-order valence-corrected chi connectivity index (χ4v) is 7.86. The van der Waals surface area contributed by atoms with Gasteiger partial charge in [-0.25, -0.2) is 0 Å². The van der Waals surface area contributed by atoms with Gasteiger partial charge in [0.2, 0.25) is 0 Å². The normalized spacial score (nSPS) is 14.9. The number of rotatable bonds is 22. The summed E-state index contributed by atoms with van der Waals surface area (Å²) in [6.45, 7) is 19.8. The highest BCUT2D eigenvalue weighted by Gasteiger charge is 2.34. The number of hydrogen-bond acceptors (Lipinski definition) is 6. The molecule has 0 heterocycles. The molecule has 0 aromatic heterocycles. The first-order valence-corrected chi connectivity index (χ1v) is 20.1. The van der Waals surface area contributed by atoms with Crippen molar-refractivity contribution in [3.05, 3.63) is 93.2 Å². The molecule has 0 saturated carbocycles. The summed E-state index contributed by atoms with van der Waals surface area (Å²) in [5.74, 6) is 0. The van der Waals surface area contributed by atoms with Gasteiger partial charge in [-0.1, -0.05) is 93.2 Å². The highest BCUT2D eigenvalue weighted by atomic mass is 31.2. The fourth-order valence-electron chi connectivity index (χ4n) is 5.15. The minimum absolute atomic E-state index is 0.328. The van der Waals surface area contributed by atoms with Crippen molar-refractivity contribution in [3.8, 4) is 0 Å². The highest BCUT2D eigenvalue weighted by molar-refractivity contribution is 7.70. The molecule has 0 atom stereocenters. The van der Waals surface area contributed by atoms with Gasteiger partial charge in [0.1, 0.15) is 0 Å². The second kappa shape index (κ2) is 22.8. The largest absolute Gasteiger partial charge is 0.810 e. The Morgan fingerprint density at radius 2 is 0.617 bits per heavy atom. The van der Waals surface area contributed by atoms with Crippen molar-refractivity contribution in [1.82, 2.24) is 0 Å². The van der Waals surface area contributed by atoms with Gasteiger partial charge in [0.25, 0.3) is 0 Å². The third kappa shape index (κ3) is 20.4. The second-order valence-electron chi connectivity index (χ2n) is 13.8. The van der Waals surface area contributed by atoms with Crippen LogP contribution in [0.1, 0.15) is 146 Å². The molecule has 0 saturated heterocycles. The van der Waals surface area contributed by atoms with Crippen LogP contribution in [0.25, 0.3) is 0 Å². The van der Waals surface area contributed by atoms with Gasteiger partial charge in [0.05, 0.1) is 4.90 Å². The van der Waals surface area contributed by atoms with Gasteiger partial charge in [-0.2, -0.15) is 0 Å². The van der Waals surface area contributed by atoms with Crippen molar-refractivity contribution < 1.29 is 28.7 Å². The standard InChI is InChI=1S/C39H66O6P2/c1-31(2)17-11-19-33(5)21-13-23-35(7)25-15-27-37(9)29-39(46(40,41)42,47(43,44)45)30-38(10)28-16-26-36(8)24-14-22-34(6)20-12-18-32(3)4/h17-18,21-22,25-26,29-30H,11-16,19-20,23-24,27-28H2,1-10H3,(H2,40,41,42)(H2,43,44,45)/p-4/b33-21?,34-22?,35-25-,36-26-,37-29+,38-30+. The molecular formula is C39H62O6P2-4. The van der Waals surface area contributed by atoms with Crippen LogP contribution < -0.4 is 19.6 Å². The van der Waals surface area contributed by atoms with Crippen molar-refractivity contribution in [2.45, 2.75) is 151 Å². The second-order valence-corrected chi connectivity index (χ2v) is 17.6. The first kappa shape index (κ1) is 45.2. The van der Waals surface area contributed by atoms with Crippen molar-refractivity contribution in [2.24, 2.45) is 0 Å². The molecule has 0 aliphatic heterocycles. The van der Waals surface area contributed by atoms with Gasteiger partial charge in [0, 0.05) is 0 Å². The van der Waals surface area contributed by atoms with E-state index in [0.717, 1.165) is 63.5 Å². The van der Waals surface area contributed by atoms with Crippen LogP contribution in [0.15, 0.2) is 93.2 Å². The summed E-state index contributed by atoms with van der Waals surface area (Å²) in [5, 5.41) is 0. The molecule has 268 valence electrons. The number of allylic oxidation sites excluding steroid dienone is 16. The molecule has 0 aliphatic carbocycles. The van der Waals surface area contributed by atoms with E-state index in [1.54, 1.807) is 13.8 Å². The van der Waals surface area contributed by atoms with Crippen LogP contribution in [-0.4, -0.2) is 4.90 Å². The van der Waals surface area contributed by atoms with Crippen molar-refractivity contribution >= 4 is 15.2 Å². The Balaban J connectivity index is 5.50. The molecule has 0 spiro atoms. The summed E-state index contributed by atoms with van der Waals surface area (Å²) in [7, 11) is -11.8. The van der Waals surface area contributed by atoms with Gasteiger partial charge >= 0.3 is 0 Å². The summed E-state index contributed by atoms with van der Waals surface area (Å²) in [5.41, 5.74) is 8.41. The SMILES string of the molecule is CC(C)=CCCC(C)=CCC/C(C)=C\CC/C(C)=C/C(/C=C(\C)CC/C=C(/C)CCC=C(C)CCC=C(C)C)(P(=O)([O-])[O-])P(=O)([O-])[O-]. The summed E-state index contributed by atoms with van der Waals surface area (Å²) in [4.78, 5) is 46.7. The maximum Gasteiger partial charge on any atom is 0.0617 e. The summed E-state index contributed by atoms with van der Waals surface area (Å²) < 4.78 is 24.9.